The van der Waals surface area contributed by atoms with Crippen LogP contribution >= 0.6 is 0 Å². The second-order valence-corrected chi connectivity index (χ2v) is 6.12. The predicted octanol–water partition coefficient (Wildman–Crippen LogP) is 1.84. The van der Waals surface area contributed by atoms with Crippen LogP contribution in [0.5, 0.6) is 0 Å². The molecule has 2 aliphatic rings. The maximum atomic E-state index is 10.6. The molecule has 0 heterocycles. The number of rotatable bonds is 4. The molecule has 0 amide bonds. The van der Waals surface area contributed by atoms with E-state index in [0.29, 0.717) is 12.8 Å². The van der Waals surface area contributed by atoms with Gasteiger partial charge >= 0.3 is 0 Å². The van der Waals surface area contributed by atoms with Crippen molar-refractivity contribution in [3.63, 3.8) is 0 Å². The third-order valence-corrected chi connectivity index (χ3v) is 4.83. The summed E-state index contributed by atoms with van der Waals surface area (Å²) in [7, 11) is 0. The van der Waals surface area contributed by atoms with Crippen LogP contribution in [-0.2, 0) is 0 Å². The molecule has 3 nitrogen and oxygen atoms in total. The van der Waals surface area contributed by atoms with Crippen molar-refractivity contribution in [2.75, 3.05) is 0 Å². The van der Waals surface area contributed by atoms with Gasteiger partial charge in [-0.05, 0) is 43.9 Å². The van der Waals surface area contributed by atoms with Crippen molar-refractivity contribution >= 4 is 0 Å². The van der Waals surface area contributed by atoms with Crippen molar-refractivity contribution in [2.24, 2.45) is 11.8 Å². The molecule has 0 saturated heterocycles. The zero-order chi connectivity index (χ0) is 12.5. The molecule has 2 rings (SSSR count). The van der Waals surface area contributed by atoms with E-state index >= 15 is 0 Å². The highest BCUT2D eigenvalue weighted by molar-refractivity contribution is 4.99. The van der Waals surface area contributed by atoms with Gasteiger partial charge in [0, 0.05) is 0 Å². The van der Waals surface area contributed by atoms with Crippen LogP contribution in [0.2, 0.25) is 0 Å². The van der Waals surface area contributed by atoms with Crippen LogP contribution in [0.25, 0.3) is 0 Å². The first kappa shape index (κ1) is 13.3. The minimum absolute atomic E-state index is 0.116. The van der Waals surface area contributed by atoms with Gasteiger partial charge in [-0.25, -0.2) is 0 Å². The predicted molar refractivity (Wildman–Crippen MR) is 66.6 cm³/mol. The molecule has 0 aromatic heterocycles. The first-order valence-corrected chi connectivity index (χ1v) is 7.14. The fourth-order valence-corrected chi connectivity index (χ4v) is 3.77. The highest BCUT2D eigenvalue weighted by atomic mass is 16.3. The summed E-state index contributed by atoms with van der Waals surface area (Å²) >= 11 is 0. The molecule has 0 radical (unpaired) electrons. The average Bonchev–Trinajstić information content (AvgIpc) is 2.54. The molecule has 17 heavy (non-hydrogen) atoms. The van der Waals surface area contributed by atoms with Crippen LogP contribution in [0.1, 0.15) is 58.3 Å². The number of aliphatic hydroxyl groups excluding tert-OH is 2. The van der Waals surface area contributed by atoms with E-state index < -0.39 is 11.7 Å². The standard InChI is InChI=1S/C14H26O3/c1-2-3-4-6-14(17)7-5-10-11(9-14)13(16)8-12(10)15/h10-13,15-17H,2-9H2,1H3. The maximum Gasteiger partial charge on any atom is 0.0651 e. The lowest BCUT2D eigenvalue weighted by Crippen LogP contribution is -2.41. The Kier molecular flexibility index (Phi) is 4.11. The largest absolute Gasteiger partial charge is 0.393 e. The Balaban J connectivity index is 1.91. The molecule has 2 saturated carbocycles. The van der Waals surface area contributed by atoms with Gasteiger partial charge in [-0.3, -0.25) is 0 Å². The van der Waals surface area contributed by atoms with E-state index in [0.717, 1.165) is 25.7 Å². The molecule has 3 N–H and O–H groups in total. The minimum Gasteiger partial charge on any atom is -0.393 e. The van der Waals surface area contributed by atoms with Gasteiger partial charge in [0.25, 0.3) is 0 Å². The van der Waals surface area contributed by atoms with Crippen molar-refractivity contribution in [3.8, 4) is 0 Å². The van der Waals surface area contributed by atoms with Gasteiger partial charge in [0.1, 0.15) is 0 Å². The smallest absolute Gasteiger partial charge is 0.0651 e. The van der Waals surface area contributed by atoms with Gasteiger partial charge < -0.3 is 15.3 Å². The van der Waals surface area contributed by atoms with Crippen LogP contribution in [0.4, 0.5) is 0 Å². The van der Waals surface area contributed by atoms with E-state index in [1.165, 1.54) is 12.8 Å². The van der Waals surface area contributed by atoms with Gasteiger partial charge in [0.2, 0.25) is 0 Å². The summed E-state index contributed by atoms with van der Waals surface area (Å²) < 4.78 is 0. The lowest BCUT2D eigenvalue weighted by molar-refractivity contribution is -0.0643. The van der Waals surface area contributed by atoms with Gasteiger partial charge in [-0.2, -0.15) is 0 Å². The average molecular weight is 242 g/mol. The van der Waals surface area contributed by atoms with Crippen LogP contribution in [0.3, 0.4) is 0 Å². The van der Waals surface area contributed by atoms with E-state index in [2.05, 4.69) is 6.92 Å². The first-order valence-electron chi connectivity index (χ1n) is 7.14. The Morgan fingerprint density at radius 3 is 2.53 bits per heavy atom. The van der Waals surface area contributed by atoms with Gasteiger partial charge in [0.15, 0.2) is 0 Å². The summed E-state index contributed by atoms with van der Waals surface area (Å²) in [5, 5.41) is 30.3. The Bertz CT molecular complexity index is 256. The third kappa shape index (κ3) is 2.83. The quantitative estimate of drug-likeness (QED) is 0.659. The second kappa shape index (κ2) is 5.25. The maximum absolute atomic E-state index is 10.6. The Morgan fingerprint density at radius 1 is 1.12 bits per heavy atom. The number of hydrogen-bond donors (Lipinski definition) is 3. The number of fused-ring (bicyclic) bond motifs is 1. The first-order chi connectivity index (χ1) is 8.06. The number of aliphatic hydroxyl groups is 3. The monoisotopic (exact) mass is 242 g/mol. The molecule has 0 aromatic rings. The van der Waals surface area contributed by atoms with E-state index in [9.17, 15) is 15.3 Å². The van der Waals surface area contributed by atoms with E-state index in [4.69, 9.17) is 0 Å². The summed E-state index contributed by atoms with van der Waals surface area (Å²) in [6, 6.07) is 0. The molecule has 0 aromatic carbocycles. The molecule has 0 bridgehead atoms. The molecule has 5 atom stereocenters. The fourth-order valence-electron chi connectivity index (χ4n) is 3.77. The third-order valence-electron chi connectivity index (χ3n) is 4.83. The van der Waals surface area contributed by atoms with Crippen molar-refractivity contribution in [1.29, 1.82) is 0 Å². The highest BCUT2D eigenvalue weighted by Crippen LogP contribution is 2.47. The molecular formula is C14H26O3. The Labute approximate surface area is 104 Å². The molecule has 2 fully saturated rings. The highest BCUT2D eigenvalue weighted by Gasteiger charge is 2.48. The van der Waals surface area contributed by atoms with E-state index in [1.54, 1.807) is 0 Å². The van der Waals surface area contributed by atoms with Crippen LogP contribution in [0.15, 0.2) is 0 Å². The second-order valence-electron chi connectivity index (χ2n) is 6.12. The van der Waals surface area contributed by atoms with Crippen LogP contribution < -0.4 is 0 Å². The van der Waals surface area contributed by atoms with Crippen molar-refractivity contribution in [3.05, 3.63) is 0 Å². The summed E-state index contributed by atoms with van der Waals surface area (Å²) in [6.45, 7) is 2.16. The summed E-state index contributed by atoms with van der Waals surface area (Å²) in [5.74, 6) is 0.335. The minimum atomic E-state index is -0.582. The molecule has 5 unspecified atom stereocenters. The molecule has 100 valence electrons. The van der Waals surface area contributed by atoms with E-state index in [1.807, 2.05) is 0 Å². The molecule has 2 aliphatic carbocycles. The van der Waals surface area contributed by atoms with Gasteiger partial charge in [-0.1, -0.05) is 26.2 Å². The molecular weight excluding hydrogens is 216 g/mol. The summed E-state index contributed by atoms with van der Waals surface area (Å²) in [6.07, 6.45) is 6.34. The Hall–Kier alpha value is -0.120. The fraction of sp³-hybridized carbons (Fsp3) is 1.00. The SMILES string of the molecule is CCCCCC1(O)CCC2C(O)CC(O)C2C1. The summed E-state index contributed by atoms with van der Waals surface area (Å²) in [4.78, 5) is 0. The van der Waals surface area contributed by atoms with Crippen LogP contribution in [0, 0.1) is 11.8 Å². The zero-order valence-electron chi connectivity index (χ0n) is 10.8. The number of hydrogen-bond acceptors (Lipinski definition) is 3. The van der Waals surface area contributed by atoms with Gasteiger partial charge in [-0.15, -0.1) is 0 Å². The van der Waals surface area contributed by atoms with Crippen molar-refractivity contribution in [1.82, 2.24) is 0 Å². The summed E-state index contributed by atoms with van der Waals surface area (Å²) in [5.41, 5.74) is -0.582. The Morgan fingerprint density at radius 2 is 1.82 bits per heavy atom. The lowest BCUT2D eigenvalue weighted by Gasteiger charge is -2.40. The van der Waals surface area contributed by atoms with Crippen molar-refractivity contribution < 1.29 is 15.3 Å². The number of unbranched alkanes of at least 4 members (excludes halogenated alkanes) is 2. The van der Waals surface area contributed by atoms with Crippen molar-refractivity contribution in [2.45, 2.75) is 76.1 Å². The van der Waals surface area contributed by atoms with Gasteiger partial charge in [0.05, 0.1) is 17.8 Å². The molecule has 0 spiro atoms. The zero-order valence-corrected chi connectivity index (χ0v) is 10.8. The topological polar surface area (TPSA) is 60.7 Å². The van der Waals surface area contributed by atoms with Crippen LogP contribution in [-0.4, -0.2) is 33.1 Å². The van der Waals surface area contributed by atoms with E-state index in [-0.39, 0.29) is 17.9 Å². The molecule has 0 aliphatic heterocycles. The lowest BCUT2D eigenvalue weighted by atomic mass is 9.70. The normalized spacial score (nSPS) is 45.9. The molecule has 3 heteroatoms.